The molecule has 2 rings (SSSR count). The largest absolute Gasteiger partial charge is 0.399 e. The van der Waals surface area contributed by atoms with Gasteiger partial charge in [-0.05, 0) is 36.6 Å². The van der Waals surface area contributed by atoms with Crippen LogP contribution in [0.3, 0.4) is 0 Å². The minimum atomic E-state index is 0.0912. The molecule has 1 aromatic rings. The number of nitrogens with two attached hydrogens (primary N) is 1. The van der Waals surface area contributed by atoms with Gasteiger partial charge in [0.1, 0.15) is 0 Å². The van der Waals surface area contributed by atoms with E-state index in [9.17, 15) is 4.79 Å². The maximum Gasteiger partial charge on any atom is 0.219 e. The van der Waals surface area contributed by atoms with Gasteiger partial charge in [-0.2, -0.15) is 0 Å². The molecule has 0 saturated carbocycles. The van der Waals surface area contributed by atoms with E-state index in [1.807, 2.05) is 11.0 Å². The molecule has 0 spiro atoms. The third kappa shape index (κ3) is 2.00. The van der Waals surface area contributed by atoms with E-state index in [0.29, 0.717) is 10.7 Å². The Hall–Kier alpha value is -1.22. The fourth-order valence-corrected chi connectivity index (χ4v) is 2.53. The van der Waals surface area contributed by atoms with E-state index in [1.54, 1.807) is 19.1 Å². The first-order valence-electron chi connectivity index (χ1n) is 5.41. The van der Waals surface area contributed by atoms with Crippen molar-refractivity contribution in [3.8, 4) is 0 Å². The monoisotopic (exact) mass is 238 g/mol. The number of nitrogens with zero attached hydrogens (tertiary/aromatic N) is 1. The van der Waals surface area contributed by atoms with E-state index >= 15 is 0 Å². The Kier molecular flexibility index (Phi) is 3.06. The number of likely N-dealkylation sites (tertiary alicyclic amines) is 1. The van der Waals surface area contributed by atoms with Crippen LogP contribution in [0.25, 0.3) is 0 Å². The summed E-state index contributed by atoms with van der Waals surface area (Å²) in [5.41, 5.74) is 7.41. The van der Waals surface area contributed by atoms with Crippen molar-refractivity contribution in [3.63, 3.8) is 0 Å². The highest BCUT2D eigenvalue weighted by Gasteiger charge is 2.29. The number of carbonyl (C=O) groups is 1. The van der Waals surface area contributed by atoms with E-state index in [2.05, 4.69) is 0 Å². The average molecular weight is 239 g/mol. The van der Waals surface area contributed by atoms with E-state index in [1.165, 1.54) is 0 Å². The molecular weight excluding hydrogens is 224 g/mol. The highest BCUT2D eigenvalue weighted by atomic mass is 35.5. The van der Waals surface area contributed by atoms with Crippen LogP contribution in [0.2, 0.25) is 5.02 Å². The van der Waals surface area contributed by atoms with Gasteiger partial charge in [0.05, 0.1) is 6.04 Å². The lowest BCUT2D eigenvalue weighted by atomic mass is 10.0. The minimum Gasteiger partial charge on any atom is -0.399 e. The van der Waals surface area contributed by atoms with Crippen LogP contribution in [0.1, 0.15) is 31.4 Å². The van der Waals surface area contributed by atoms with Crippen LogP contribution in [0.5, 0.6) is 0 Å². The normalized spacial score (nSPS) is 20.1. The van der Waals surface area contributed by atoms with E-state index in [-0.39, 0.29) is 11.9 Å². The Labute approximate surface area is 100 Å². The van der Waals surface area contributed by atoms with Crippen LogP contribution in [0.4, 0.5) is 5.69 Å². The summed E-state index contributed by atoms with van der Waals surface area (Å²) in [6, 6.07) is 5.53. The summed E-state index contributed by atoms with van der Waals surface area (Å²) in [7, 11) is 0. The molecule has 16 heavy (non-hydrogen) atoms. The fourth-order valence-electron chi connectivity index (χ4n) is 2.28. The number of hydrogen-bond acceptors (Lipinski definition) is 2. The summed E-state index contributed by atoms with van der Waals surface area (Å²) in [5.74, 6) is 0.0981. The smallest absolute Gasteiger partial charge is 0.219 e. The van der Waals surface area contributed by atoms with Gasteiger partial charge in [-0.15, -0.1) is 0 Å². The molecule has 0 bridgehead atoms. The molecule has 1 aromatic carbocycles. The predicted octanol–water partition coefficient (Wildman–Crippen LogP) is 2.61. The van der Waals surface area contributed by atoms with Crippen molar-refractivity contribution in [1.82, 2.24) is 4.90 Å². The van der Waals surface area contributed by atoms with Crippen molar-refractivity contribution in [3.05, 3.63) is 28.8 Å². The lowest BCUT2D eigenvalue weighted by molar-refractivity contribution is -0.129. The highest BCUT2D eigenvalue weighted by Crippen LogP contribution is 2.36. The zero-order valence-corrected chi connectivity index (χ0v) is 10.00. The molecule has 1 aliphatic heterocycles. The Morgan fingerprint density at radius 3 is 3.00 bits per heavy atom. The van der Waals surface area contributed by atoms with E-state index in [0.717, 1.165) is 24.9 Å². The molecule has 4 heteroatoms. The number of halogens is 1. The van der Waals surface area contributed by atoms with Crippen molar-refractivity contribution in [1.29, 1.82) is 0 Å². The molecule has 3 nitrogen and oxygen atoms in total. The SMILES string of the molecule is CC(=O)N1CCCC1c1cc(N)ccc1Cl. The van der Waals surface area contributed by atoms with E-state index in [4.69, 9.17) is 17.3 Å². The number of hydrogen-bond donors (Lipinski definition) is 1. The topological polar surface area (TPSA) is 46.3 Å². The van der Waals surface area contributed by atoms with Gasteiger partial charge in [0.2, 0.25) is 5.91 Å². The molecule has 2 N–H and O–H groups in total. The molecule has 1 atom stereocenters. The van der Waals surface area contributed by atoms with Crippen molar-refractivity contribution < 1.29 is 4.79 Å². The van der Waals surface area contributed by atoms with Crippen LogP contribution < -0.4 is 5.73 Å². The maximum absolute atomic E-state index is 11.5. The second-order valence-electron chi connectivity index (χ2n) is 4.15. The second-order valence-corrected chi connectivity index (χ2v) is 4.56. The van der Waals surface area contributed by atoms with E-state index < -0.39 is 0 Å². The molecule has 0 aliphatic carbocycles. The lowest BCUT2D eigenvalue weighted by Gasteiger charge is -2.24. The van der Waals surface area contributed by atoms with Gasteiger partial charge in [0.25, 0.3) is 0 Å². The van der Waals surface area contributed by atoms with Crippen LogP contribution in [0.15, 0.2) is 18.2 Å². The molecule has 86 valence electrons. The summed E-state index contributed by atoms with van der Waals surface area (Å²) in [5, 5.41) is 0.687. The van der Waals surface area contributed by atoms with Gasteiger partial charge in [-0.1, -0.05) is 11.6 Å². The van der Waals surface area contributed by atoms with Crippen molar-refractivity contribution in [2.45, 2.75) is 25.8 Å². The number of rotatable bonds is 1. The summed E-state index contributed by atoms with van der Waals surface area (Å²) < 4.78 is 0. The van der Waals surface area contributed by atoms with Crippen LogP contribution in [-0.2, 0) is 4.79 Å². The van der Waals surface area contributed by atoms with Gasteiger partial charge in [0, 0.05) is 24.2 Å². The molecule has 1 aliphatic rings. The Morgan fingerprint density at radius 1 is 1.56 bits per heavy atom. The van der Waals surface area contributed by atoms with Gasteiger partial charge in [-0.25, -0.2) is 0 Å². The molecule has 0 radical (unpaired) electrons. The van der Waals surface area contributed by atoms with Gasteiger partial charge >= 0.3 is 0 Å². The number of nitrogen functional groups attached to an aromatic ring is 1. The lowest BCUT2D eigenvalue weighted by Crippen LogP contribution is -2.28. The standard InChI is InChI=1S/C12H15ClN2O/c1-8(16)15-6-2-3-12(15)10-7-9(14)4-5-11(10)13/h4-5,7,12H,2-3,6,14H2,1H3. The maximum atomic E-state index is 11.5. The summed E-state index contributed by atoms with van der Waals surface area (Å²) in [4.78, 5) is 13.3. The molecule has 1 saturated heterocycles. The molecule has 1 unspecified atom stereocenters. The van der Waals surface area contributed by atoms with Crippen molar-refractivity contribution in [2.75, 3.05) is 12.3 Å². The third-order valence-corrected chi connectivity index (χ3v) is 3.38. The number of carbonyl (C=O) groups excluding carboxylic acids is 1. The van der Waals surface area contributed by atoms with Crippen LogP contribution in [-0.4, -0.2) is 17.4 Å². The second kappa shape index (κ2) is 4.34. The van der Waals surface area contributed by atoms with Gasteiger partial charge in [0.15, 0.2) is 0 Å². The minimum absolute atomic E-state index is 0.0912. The van der Waals surface area contributed by atoms with Crippen molar-refractivity contribution in [2.24, 2.45) is 0 Å². The predicted molar refractivity (Wildman–Crippen MR) is 65.2 cm³/mol. The quantitative estimate of drug-likeness (QED) is 0.765. The Bertz CT molecular complexity index is 419. The molecule has 0 aromatic heterocycles. The summed E-state index contributed by atoms with van der Waals surface area (Å²) in [6.07, 6.45) is 1.98. The summed E-state index contributed by atoms with van der Waals surface area (Å²) >= 11 is 6.15. The molecule has 1 heterocycles. The molecule has 1 amide bonds. The average Bonchev–Trinajstić information content (AvgIpc) is 2.70. The number of anilines is 1. The zero-order valence-electron chi connectivity index (χ0n) is 9.24. The Balaban J connectivity index is 2.35. The first-order chi connectivity index (χ1) is 7.59. The van der Waals surface area contributed by atoms with Crippen LogP contribution in [0, 0.1) is 0 Å². The summed E-state index contributed by atoms with van der Waals surface area (Å²) in [6.45, 7) is 2.41. The number of benzene rings is 1. The van der Waals surface area contributed by atoms with Gasteiger partial charge < -0.3 is 10.6 Å². The highest BCUT2D eigenvalue weighted by molar-refractivity contribution is 6.31. The first kappa shape index (κ1) is 11.3. The zero-order chi connectivity index (χ0) is 11.7. The van der Waals surface area contributed by atoms with Crippen LogP contribution >= 0.6 is 11.6 Å². The third-order valence-electron chi connectivity index (χ3n) is 3.04. The fraction of sp³-hybridized carbons (Fsp3) is 0.417. The first-order valence-corrected chi connectivity index (χ1v) is 5.79. The Morgan fingerprint density at radius 2 is 2.31 bits per heavy atom. The number of amides is 1. The van der Waals surface area contributed by atoms with Gasteiger partial charge in [-0.3, -0.25) is 4.79 Å². The van der Waals surface area contributed by atoms with Crippen molar-refractivity contribution >= 4 is 23.2 Å². The molecule has 1 fully saturated rings. The molecular formula is C12H15ClN2O.